The molecule has 2 rings (SSSR count). The number of benzene rings is 2. The van der Waals surface area contributed by atoms with Gasteiger partial charge in [-0.25, -0.2) is 0 Å². The second kappa shape index (κ2) is 6.22. The molecule has 0 aliphatic carbocycles. The van der Waals surface area contributed by atoms with E-state index in [1.54, 1.807) is 0 Å². The highest BCUT2D eigenvalue weighted by molar-refractivity contribution is 5.30. The van der Waals surface area contributed by atoms with Crippen molar-refractivity contribution in [2.45, 2.75) is 19.6 Å². The van der Waals surface area contributed by atoms with Gasteiger partial charge in [-0.2, -0.15) is 0 Å². The molecule has 0 amide bonds. The number of nitrogens with one attached hydrogen (secondary N) is 1. The first-order valence-electron chi connectivity index (χ1n) is 6.23. The minimum atomic E-state index is 0.338. The molecular formula is C16H19NO. The molecule has 0 aliphatic heterocycles. The largest absolute Gasteiger partial charge is 0.489 e. The number of hydrogen-bond donors (Lipinski definition) is 1. The van der Waals surface area contributed by atoms with Gasteiger partial charge < -0.3 is 10.1 Å². The highest BCUT2D eigenvalue weighted by atomic mass is 16.5. The van der Waals surface area contributed by atoms with Gasteiger partial charge in [-0.1, -0.05) is 42.5 Å². The van der Waals surface area contributed by atoms with Crippen LogP contribution in [0.4, 0.5) is 0 Å². The molecule has 0 radical (unpaired) electrons. The third-order valence-corrected chi connectivity index (χ3v) is 3.04. The van der Waals surface area contributed by atoms with Crippen LogP contribution in [-0.2, 0) is 6.61 Å². The molecule has 1 N–H and O–H groups in total. The van der Waals surface area contributed by atoms with Gasteiger partial charge >= 0.3 is 0 Å². The maximum absolute atomic E-state index is 5.80. The van der Waals surface area contributed by atoms with E-state index in [2.05, 4.69) is 36.5 Å². The summed E-state index contributed by atoms with van der Waals surface area (Å²) in [4.78, 5) is 0. The van der Waals surface area contributed by atoms with Crippen molar-refractivity contribution < 1.29 is 4.74 Å². The fourth-order valence-electron chi connectivity index (χ4n) is 1.78. The van der Waals surface area contributed by atoms with Gasteiger partial charge in [0.25, 0.3) is 0 Å². The van der Waals surface area contributed by atoms with E-state index in [9.17, 15) is 0 Å². The van der Waals surface area contributed by atoms with Gasteiger partial charge in [0.15, 0.2) is 0 Å². The Labute approximate surface area is 109 Å². The normalized spacial score (nSPS) is 12.1. The van der Waals surface area contributed by atoms with E-state index in [-0.39, 0.29) is 0 Å². The third-order valence-electron chi connectivity index (χ3n) is 3.04. The van der Waals surface area contributed by atoms with Crippen molar-refractivity contribution in [2.75, 3.05) is 7.05 Å². The summed E-state index contributed by atoms with van der Waals surface area (Å²) in [5.74, 6) is 0.915. The van der Waals surface area contributed by atoms with Crippen molar-refractivity contribution in [2.24, 2.45) is 0 Å². The van der Waals surface area contributed by atoms with Crippen LogP contribution in [0, 0.1) is 0 Å². The Kier molecular flexibility index (Phi) is 4.37. The maximum atomic E-state index is 5.80. The summed E-state index contributed by atoms with van der Waals surface area (Å²) in [5, 5.41) is 3.23. The Hall–Kier alpha value is -1.80. The molecule has 2 aromatic carbocycles. The summed E-state index contributed by atoms with van der Waals surface area (Å²) in [6.45, 7) is 2.74. The Morgan fingerprint density at radius 2 is 1.83 bits per heavy atom. The quantitative estimate of drug-likeness (QED) is 0.864. The Morgan fingerprint density at radius 1 is 1.06 bits per heavy atom. The van der Waals surface area contributed by atoms with Gasteiger partial charge in [0.2, 0.25) is 0 Å². The summed E-state index contributed by atoms with van der Waals surface area (Å²) in [7, 11) is 1.96. The first-order valence-corrected chi connectivity index (χ1v) is 6.23. The van der Waals surface area contributed by atoms with E-state index < -0.39 is 0 Å². The van der Waals surface area contributed by atoms with Crippen molar-refractivity contribution in [1.82, 2.24) is 5.32 Å². The zero-order valence-electron chi connectivity index (χ0n) is 10.9. The molecule has 0 saturated heterocycles. The van der Waals surface area contributed by atoms with Crippen LogP contribution in [0.5, 0.6) is 5.75 Å². The molecule has 0 heterocycles. The first-order chi connectivity index (χ1) is 8.79. The molecule has 2 nitrogen and oxygen atoms in total. The van der Waals surface area contributed by atoms with E-state index >= 15 is 0 Å². The predicted molar refractivity (Wildman–Crippen MR) is 74.7 cm³/mol. The molecule has 2 heteroatoms. The van der Waals surface area contributed by atoms with Crippen LogP contribution in [0.25, 0.3) is 0 Å². The fraction of sp³-hybridized carbons (Fsp3) is 0.250. The highest BCUT2D eigenvalue weighted by Crippen LogP contribution is 2.19. The van der Waals surface area contributed by atoms with Crippen molar-refractivity contribution in [3.63, 3.8) is 0 Å². The summed E-state index contributed by atoms with van der Waals surface area (Å²) in [6, 6.07) is 18.8. The van der Waals surface area contributed by atoms with Gasteiger partial charge in [0.1, 0.15) is 12.4 Å². The second-order valence-corrected chi connectivity index (χ2v) is 4.36. The maximum Gasteiger partial charge on any atom is 0.120 e. The average molecular weight is 241 g/mol. The molecular weight excluding hydrogens is 222 g/mol. The van der Waals surface area contributed by atoms with E-state index in [0.717, 1.165) is 5.75 Å². The van der Waals surface area contributed by atoms with Crippen LogP contribution < -0.4 is 10.1 Å². The molecule has 1 atom stereocenters. The summed E-state index contributed by atoms with van der Waals surface area (Å²) in [6.07, 6.45) is 0. The van der Waals surface area contributed by atoms with Gasteiger partial charge in [0, 0.05) is 6.04 Å². The van der Waals surface area contributed by atoms with Gasteiger partial charge in [0.05, 0.1) is 0 Å². The van der Waals surface area contributed by atoms with Crippen molar-refractivity contribution in [1.29, 1.82) is 0 Å². The van der Waals surface area contributed by atoms with Crippen molar-refractivity contribution in [3.05, 3.63) is 65.7 Å². The van der Waals surface area contributed by atoms with Crippen LogP contribution in [0.1, 0.15) is 24.1 Å². The molecule has 0 unspecified atom stereocenters. The van der Waals surface area contributed by atoms with E-state index in [1.165, 1.54) is 11.1 Å². The fourth-order valence-corrected chi connectivity index (χ4v) is 1.78. The Bertz CT molecular complexity index is 481. The minimum absolute atomic E-state index is 0.338. The van der Waals surface area contributed by atoms with Gasteiger partial charge in [-0.3, -0.25) is 0 Å². The first kappa shape index (κ1) is 12.7. The third kappa shape index (κ3) is 3.34. The monoisotopic (exact) mass is 241 g/mol. The topological polar surface area (TPSA) is 21.3 Å². The molecule has 0 fully saturated rings. The Balaban J connectivity index is 2.01. The zero-order valence-corrected chi connectivity index (χ0v) is 10.9. The molecule has 0 spiro atoms. The van der Waals surface area contributed by atoms with Gasteiger partial charge in [-0.15, -0.1) is 0 Å². The average Bonchev–Trinajstić information content (AvgIpc) is 2.45. The molecule has 94 valence electrons. The van der Waals surface area contributed by atoms with Gasteiger partial charge in [-0.05, 0) is 37.2 Å². The SMILES string of the molecule is CN[C@@H](C)c1cccc(OCc2ccccc2)c1. The summed E-state index contributed by atoms with van der Waals surface area (Å²) < 4.78 is 5.80. The molecule has 18 heavy (non-hydrogen) atoms. The molecule has 2 aromatic rings. The Morgan fingerprint density at radius 3 is 2.56 bits per heavy atom. The van der Waals surface area contributed by atoms with E-state index in [4.69, 9.17) is 4.74 Å². The van der Waals surface area contributed by atoms with Crippen LogP contribution in [0.3, 0.4) is 0 Å². The lowest BCUT2D eigenvalue weighted by molar-refractivity contribution is 0.305. The number of ether oxygens (including phenoxy) is 1. The lowest BCUT2D eigenvalue weighted by Crippen LogP contribution is -2.12. The molecule has 0 bridgehead atoms. The standard InChI is InChI=1S/C16H19NO/c1-13(17-2)15-9-6-10-16(11-15)18-12-14-7-4-3-5-8-14/h3-11,13,17H,12H2,1-2H3/t13-/m0/s1. The smallest absolute Gasteiger partial charge is 0.120 e. The highest BCUT2D eigenvalue weighted by Gasteiger charge is 2.03. The number of rotatable bonds is 5. The minimum Gasteiger partial charge on any atom is -0.489 e. The number of hydrogen-bond acceptors (Lipinski definition) is 2. The van der Waals surface area contributed by atoms with Crippen LogP contribution in [0.15, 0.2) is 54.6 Å². The van der Waals surface area contributed by atoms with E-state index in [0.29, 0.717) is 12.6 Å². The van der Waals surface area contributed by atoms with Crippen LogP contribution in [-0.4, -0.2) is 7.05 Å². The molecule has 0 saturated carbocycles. The lowest BCUT2D eigenvalue weighted by Gasteiger charge is -2.12. The molecule has 0 aliphatic rings. The van der Waals surface area contributed by atoms with Crippen LogP contribution >= 0.6 is 0 Å². The second-order valence-electron chi connectivity index (χ2n) is 4.36. The van der Waals surface area contributed by atoms with Crippen LogP contribution in [0.2, 0.25) is 0 Å². The lowest BCUT2D eigenvalue weighted by atomic mass is 10.1. The zero-order chi connectivity index (χ0) is 12.8. The van der Waals surface area contributed by atoms with Crippen molar-refractivity contribution >= 4 is 0 Å². The summed E-state index contributed by atoms with van der Waals surface area (Å²) in [5.41, 5.74) is 2.42. The molecule has 0 aromatic heterocycles. The summed E-state index contributed by atoms with van der Waals surface area (Å²) >= 11 is 0. The van der Waals surface area contributed by atoms with Crippen molar-refractivity contribution in [3.8, 4) is 5.75 Å². The predicted octanol–water partition coefficient (Wildman–Crippen LogP) is 3.55. The van der Waals surface area contributed by atoms with E-state index in [1.807, 2.05) is 37.4 Å².